The maximum atomic E-state index is 11.9. The van der Waals surface area contributed by atoms with Gasteiger partial charge < -0.3 is 10.6 Å². The van der Waals surface area contributed by atoms with Gasteiger partial charge >= 0.3 is 0 Å². The van der Waals surface area contributed by atoms with E-state index in [0.29, 0.717) is 5.69 Å². The van der Waals surface area contributed by atoms with Crippen LogP contribution < -0.4 is 10.6 Å². The molecule has 18 heavy (non-hydrogen) atoms. The molecule has 5 heteroatoms. The van der Waals surface area contributed by atoms with Crippen molar-refractivity contribution in [3.05, 3.63) is 23.9 Å². The van der Waals surface area contributed by atoms with Crippen molar-refractivity contribution in [3.63, 3.8) is 0 Å². The number of hydrogen-bond donors (Lipinski definition) is 2. The molecule has 0 saturated heterocycles. The lowest BCUT2D eigenvalue weighted by atomic mass is 10.3. The molecule has 1 atom stereocenters. The summed E-state index contributed by atoms with van der Waals surface area (Å²) >= 11 is 1.71. The van der Waals surface area contributed by atoms with Gasteiger partial charge in [0, 0.05) is 18.3 Å². The Hall–Kier alpha value is -1.23. The SMILES string of the molecule is CCCNc1cccc(C(=O)NC(C)CSC)n1. The molecule has 0 aliphatic rings. The highest BCUT2D eigenvalue weighted by Crippen LogP contribution is 2.05. The zero-order valence-corrected chi connectivity index (χ0v) is 12.0. The smallest absolute Gasteiger partial charge is 0.270 e. The minimum Gasteiger partial charge on any atom is -0.370 e. The molecular formula is C13H21N3OS. The van der Waals surface area contributed by atoms with E-state index in [1.54, 1.807) is 17.8 Å². The number of carbonyl (C=O) groups excluding carboxylic acids is 1. The number of nitrogens with one attached hydrogen (secondary N) is 2. The molecule has 1 heterocycles. The molecular weight excluding hydrogens is 246 g/mol. The summed E-state index contributed by atoms with van der Waals surface area (Å²) in [7, 11) is 0. The molecule has 100 valence electrons. The van der Waals surface area contributed by atoms with Crippen LogP contribution in [0.2, 0.25) is 0 Å². The summed E-state index contributed by atoms with van der Waals surface area (Å²) in [5, 5.41) is 6.10. The Morgan fingerprint density at radius 1 is 1.50 bits per heavy atom. The average Bonchev–Trinajstić information content (AvgIpc) is 2.37. The van der Waals surface area contributed by atoms with Gasteiger partial charge in [-0.1, -0.05) is 13.0 Å². The lowest BCUT2D eigenvalue weighted by molar-refractivity contribution is 0.0939. The first-order chi connectivity index (χ1) is 8.67. The third-order valence-electron chi connectivity index (χ3n) is 2.33. The molecule has 0 saturated carbocycles. The zero-order valence-electron chi connectivity index (χ0n) is 11.2. The van der Waals surface area contributed by atoms with Crippen LogP contribution >= 0.6 is 11.8 Å². The summed E-state index contributed by atoms with van der Waals surface area (Å²) in [6.07, 6.45) is 3.05. The van der Waals surface area contributed by atoms with Crippen molar-refractivity contribution in [1.29, 1.82) is 0 Å². The van der Waals surface area contributed by atoms with Crippen LogP contribution in [0.4, 0.5) is 5.82 Å². The van der Waals surface area contributed by atoms with E-state index in [2.05, 4.69) is 22.5 Å². The molecule has 0 aliphatic heterocycles. The van der Waals surface area contributed by atoms with Crippen molar-refractivity contribution in [3.8, 4) is 0 Å². The lowest BCUT2D eigenvalue weighted by Crippen LogP contribution is -2.34. The van der Waals surface area contributed by atoms with Crippen LogP contribution in [0, 0.1) is 0 Å². The normalized spacial score (nSPS) is 11.9. The van der Waals surface area contributed by atoms with Crippen molar-refractivity contribution in [2.75, 3.05) is 23.9 Å². The molecule has 0 aliphatic carbocycles. The van der Waals surface area contributed by atoms with E-state index in [9.17, 15) is 4.79 Å². The summed E-state index contributed by atoms with van der Waals surface area (Å²) in [6.45, 7) is 4.95. The van der Waals surface area contributed by atoms with Crippen LogP contribution in [0.1, 0.15) is 30.8 Å². The average molecular weight is 267 g/mol. The number of hydrogen-bond acceptors (Lipinski definition) is 4. The Kier molecular flexibility index (Phi) is 6.57. The maximum Gasteiger partial charge on any atom is 0.270 e. The quantitative estimate of drug-likeness (QED) is 0.796. The van der Waals surface area contributed by atoms with Gasteiger partial charge in [-0.3, -0.25) is 4.79 Å². The number of pyridine rings is 1. The Labute approximate surface area is 113 Å². The molecule has 0 aromatic carbocycles. The molecule has 0 bridgehead atoms. The van der Waals surface area contributed by atoms with Gasteiger partial charge in [0.15, 0.2) is 0 Å². The van der Waals surface area contributed by atoms with Gasteiger partial charge in [0.2, 0.25) is 0 Å². The molecule has 4 nitrogen and oxygen atoms in total. The number of rotatable bonds is 7. The second-order valence-corrected chi connectivity index (χ2v) is 5.08. The number of amides is 1. The zero-order chi connectivity index (χ0) is 13.4. The van der Waals surface area contributed by atoms with E-state index in [0.717, 1.165) is 24.5 Å². The van der Waals surface area contributed by atoms with Crippen LogP contribution in [-0.2, 0) is 0 Å². The van der Waals surface area contributed by atoms with Gasteiger partial charge in [-0.15, -0.1) is 0 Å². The summed E-state index contributed by atoms with van der Waals surface area (Å²) in [5.74, 6) is 1.54. The Bertz CT molecular complexity index is 384. The van der Waals surface area contributed by atoms with Crippen molar-refractivity contribution in [2.24, 2.45) is 0 Å². The van der Waals surface area contributed by atoms with Gasteiger partial charge in [-0.05, 0) is 31.7 Å². The first-order valence-corrected chi connectivity index (χ1v) is 7.57. The molecule has 0 spiro atoms. The van der Waals surface area contributed by atoms with Crippen LogP contribution in [-0.4, -0.2) is 35.5 Å². The summed E-state index contributed by atoms with van der Waals surface area (Å²) in [5.41, 5.74) is 0.462. The lowest BCUT2D eigenvalue weighted by Gasteiger charge is -2.12. The minimum absolute atomic E-state index is 0.114. The van der Waals surface area contributed by atoms with E-state index in [1.165, 1.54) is 0 Å². The van der Waals surface area contributed by atoms with Gasteiger partial charge in [-0.25, -0.2) is 4.98 Å². The summed E-state index contributed by atoms with van der Waals surface area (Å²) in [4.78, 5) is 16.2. The standard InChI is InChI=1S/C13H21N3OS/c1-4-8-14-12-7-5-6-11(16-12)13(17)15-10(2)9-18-3/h5-7,10H,4,8-9H2,1-3H3,(H,14,16)(H,15,17). The molecule has 1 aromatic rings. The third-order valence-corrected chi connectivity index (χ3v) is 3.17. The highest BCUT2D eigenvalue weighted by atomic mass is 32.2. The fourth-order valence-corrected chi connectivity index (χ4v) is 2.09. The van der Waals surface area contributed by atoms with E-state index >= 15 is 0 Å². The Morgan fingerprint density at radius 2 is 2.28 bits per heavy atom. The van der Waals surface area contributed by atoms with Crippen LogP contribution in [0.15, 0.2) is 18.2 Å². The van der Waals surface area contributed by atoms with Crippen LogP contribution in [0.3, 0.4) is 0 Å². The Morgan fingerprint density at radius 3 is 2.94 bits per heavy atom. The van der Waals surface area contributed by atoms with Crippen molar-refractivity contribution in [2.45, 2.75) is 26.3 Å². The minimum atomic E-state index is -0.114. The molecule has 1 rings (SSSR count). The largest absolute Gasteiger partial charge is 0.370 e. The van der Waals surface area contributed by atoms with Gasteiger partial charge in [0.25, 0.3) is 5.91 Å². The van der Waals surface area contributed by atoms with Crippen molar-refractivity contribution in [1.82, 2.24) is 10.3 Å². The molecule has 0 fully saturated rings. The topological polar surface area (TPSA) is 54.0 Å². The van der Waals surface area contributed by atoms with Crippen LogP contribution in [0.25, 0.3) is 0 Å². The number of anilines is 1. The molecule has 1 amide bonds. The molecule has 1 aromatic heterocycles. The van der Waals surface area contributed by atoms with Gasteiger partial charge in [-0.2, -0.15) is 11.8 Å². The Balaban J connectivity index is 2.62. The van der Waals surface area contributed by atoms with E-state index in [4.69, 9.17) is 0 Å². The van der Waals surface area contributed by atoms with E-state index in [1.807, 2.05) is 25.3 Å². The van der Waals surface area contributed by atoms with Gasteiger partial charge in [0.1, 0.15) is 11.5 Å². The number of aromatic nitrogens is 1. The third kappa shape index (κ3) is 4.96. The second-order valence-electron chi connectivity index (χ2n) is 4.16. The molecule has 1 unspecified atom stereocenters. The van der Waals surface area contributed by atoms with Crippen molar-refractivity contribution < 1.29 is 4.79 Å². The fraction of sp³-hybridized carbons (Fsp3) is 0.538. The van der Waals surface area contributed by atoms with E-state index < -0.39 is 0 Å². The monoisotopic (exact) mass is 267 g/mol. The first kappa shape index (κ1) is 14.8. The highest BCUT2D eigenvalue weighted by Gasteiger charge is 2.10. The first-order valence-electron chi connectivity index (χ1n) is 6.18. The van der Waals surface area contributed by atoms with Gasteiger partial charge in [0.05, 0.1) is 0 Å². The molecule has 0 radical (unpaired) electrons. The molecule has 2 N–H and O–H groups in total. The number of carbonyl (C=O) groups is 1. The predicted octanol–water partition coefficient (Wildman–Crippen LogP) is 2.38. The number of nitrogens with zero attached hydrogens (tertiary/aromatic N) is 1. The summed E-state index contributed by atoms with van der Waals surface area (Å²) < 4.78 is 0. The predicted molar refractivity (Wildman–Crippen MR) is 78.3 cm³/mol. The van der Waals surface area contributed by atoms with Crippen molar-refractivity contribution >= 4 is 23.5 Å². The fourth-order valence-electron chi connectivity index (χ4n) is 1.50. The summed E-state index contributed by atoms with van der Waals surface area (Å²) in [6, 6.07) is 5.61. The second kappa shape index (κ2) is 7.97. The highest BCUT2D eigenvalue weighted by molar-refractivity contribution is 7.98. The van der Waals surface area contributed by atoms with E-state index in [-0.39, 0.29) is 11.9 Å². The van der Waals surface area contributed by atoms with Crippen LogP contribution in [0.5, 0.6) is 0 Å². The maximum absolute atomic E-state index is 11.9. The number of thioether (sulfide) groups is 1.